The van der Waals surface area contributed by atoms with E-state index in [1.165, 1.54) is 13.0 Å². The molecule has 1 unspecified atom stereocenters. The third kappa shape index (κ3) is 3.34. The monoisotopic (exact) mass is 281 g/mol. The smallest absolute Gasteiger partial charge is 0.335 e. The number of nitrogens with one attached hydrogen (secondary N) is 1. The molecule has 6 heteroatoms. The molecule has 0 heterocycles. The van der Waals surface area contributed by atoms with Gasteiger partial charge in [-0.1, -0.05) is 12.0 Å². The van der Waals surface area contributed by atoms with E-state index < -0.39 is 22.0 Å². The maximum absolute atomic E-state index is 12.1. The first-order chi connectivity index (χ1) is 8.69. The number of carbonyl (C=O) groups is 1. The summed E-state index contributed by atoms with van der Waals surface area (Å²) in [7, 11) is -3.83. The fraction of sp³-hybridized carbons (Fsp3) is 0.308. The van der Waals surface area contributed by atoms with Gasteiger partial charge in [0.05, 0.1) is 16.5 Å². The van der Waals surface area contributed by atoms with E-state index in [-0.39, 0.29) is 10.5 Å². The number of terminal acetylenes is 1. The van der Waals surface area contributed by atoms with Crippen LogP contribution >= 0.6 is 0 Å². The molecule has 1 aromatic rings. The van der Waals surface area contributed by atoms with Crippen molar-refractivity contribution >= 4 is 16.0 Å². The number of carboxylic acid groups (broad SMARTS) is 1. The molecule has 0 aliphatic carbocycles. The number of benzene rings is 1. The molecule has 0 spiro atoms. The minimum absolute atomic E-state index is 0.0423. The fourth-order valence-electron chi connectivity index (χ4n) is 1.68. The standard InChI is InChI=1S/C13H15NO4S/c1-5-10(4)14-19(17,18)12-7-11(13(15)16)8(2)6-9(12)3/h1,6-7,10,14H,2-4H3,(H,15,16). The van der Waals surface area contributed by atoms with Gasteiger partial charge in [-0.2, -0.15) is 4.72 Å². The first kappa shape index (κ1) is 15.2. The maximum atomic E-state index is 12.1. The van der Waals surface area contributed by atoms with Crippen molar-refractivity contribution in [3.05, 3.63) is 28.8 Å². The van der Waals surface area contributed by atoms with E-state index in [1.54, 1.807) is 13.8 Å². The number of carboxylic acids is 1. The molecule has 0 bridgehead atoms. The fourth-order valence-corrected chi connectivity index (χ4v) is 3.10. The van der Waals surface area contributed by atoms with Gasteiger partial charge in [0.1, 0.15) is 0 Å². The number of aryl methyl sites for hydroxylation is 2. The third-order valence-corrected chi connectivity index (χ3v) is 4.31. The second-order valence-corrected chi connectivity index (χ2v) is 5.93. The molecule has 1 rings (SSSR count). The van der Waals surface area contributed by atoms with Gasteiger partial charge in [0.25, 0.3) is 0 Å². The van der Waals surface area contributed by atoms with Crippen molar-refractivity contribution < 1.29 is 18.3 Å². The molecule has 19 heavy (non-hydrogen) atoms. The Morgan fingerprint density at radius 1 is 1.37 bits per heavy atom. The lowest BCUT2D eigenvalue weighted by Gasteiger charge is -2.13. The number of aromatic carboxylic acids is 1. The lowest BCUT2D eigenvalue weighted by atomic mass is 10.1. The molecule has 102 valence electrons. The Labute approximate surface area is 112 Å². The first-order valence-electron chi connectivity index (χ1n) is 5.52. The van der Waals surface area contributed by atoms with Crippen LogP contribution in [0.4, 0.5) is 0 Å². The van der Waals surface area contributed by atoms with Crippen molar-refractivity contribution in [3.8, 4) is 12.3 Å². The predicted octanol–water partition coefficient (Wildman–Crippen LogP) is 1.30. The maximum Gasteiger partial charge on any atom is 0.335 e. The van der Waals surface area contributed by atoms with Crippen LogP contribution in [0.25, 0.3) is 0 Å². The molecule has 0 radical (unpaired) electrons. The summed E-state index contributed by atoms with van der Waals surface area (Å²) in [5.41, 5.74) is 0.938. The SMILES string of the molecule is C#CC(C)NS(=O)(=O)c1cc(C(=O)O)c(C)cc1C. The van der Waals surface area contributed by atoms with Crippen LogP contribution in [0.5, 0.6) is 0 Å². The topological polar surface area (TPSA) is 83.5 Å². The minimum atomic E-state index is -3.83. The minimum Gasteiger partial charge on any atom is -0.478 e. The zero-order valence-electron chi connectivity index (χ0n) is 10.9. The van der Waals surface area contributed by atoms with Crippen LogP contribution in [0, 0.1) is 26.2 Å². The summed E-state index contributed by atoms with van der Waals surface area (Å²) < 4.78 is 26.5. The van der Waals surface area contributed by atoms with Gasteiger partial charge in [0.2, 0.25) is 10.0 Å². The highest BCUT2D eigenvalue weighted by Crippen LogP contribution is 2.20. The highest BCUT2D eigenvalue weighted by molar-refractivity contribution is 7.89. The molecule has 0 saturated carbocycles. The molecule has 5 nitrogen and oxygen atoms in total. The highest BCUT2D eigenvalue weighted by Gasteiger charge is 2.21. The molecule has 0 saturated heterocycles. The van der Waals surface area contributed by atoms with Crippen LogP contribution in [0.1, 0.15) is 28.4 Å². The Morgan fingerprint density at radius 2 is 1.95 bits per heavy atom. The van der Waals surface area contributed by atoms with Gasteiger partial charge in [-0.3, -0.25) is 0 Å². The van der Waals surface area contributed by atoms with Crippen molar-refractivity contribution in [2.24, 2.45) is 0 Å². The van der Waals surface area contributed by atoms with Crippen LogP contribution < -0.4 is 4.72 Å². The molecule has 0 aromatic heterocycles. The first-order valence-corrected chi connectivity index (χ1v) is 7.00. The number of hydrogen-bond acceptors (Lipinski definition) is 3. The molecule has 1 aromatic carbocycles. The summed E-state index contributed by atoms with van der Waals surface area (Å²) in [5.74, 6) is 1.08. The van der Waals surface area contributed by atoms with E-state index in [0.29, 0.717) is 11.1 Å². The number of rotatable bonds is 4. The van der Waals surface area contributed by atoms with E-state index in [2.05, 4.69) is 10.6 Å². The average molecular weight is 281 g/mol. The Balaban J connectivity index is 3.39. The number of hydrogen-bond donors (Lipinski definition) is 2. The molecule has 1 atom stereocenters. The van der Waals surface area contributed by atoms with Gasteiger partial charge in [0, 0.05) is 0 Å². The summed E-state index contributed by atoms with van der Waals surface area (Å²) >= 11 is 0. The van der Waals surface area contributed by atoms with Crippen LogP contribution in [-0.4, -0.2) is 25.5 Å². The molecule has 0 amide bonds. The van der Waals surface area contributed by atoms with E-state index in [4.69, 9.17) is 11.5 Å². The molecule has 0 aliphatic heterocycles. The summed E-state index contributed by atoms with van der Waals surface area (Å²) in [5, 5.41) is 9.03. The van der Waals surface area contributed by atoms with Gasteiger partial charge in [-0.15, -0.1) is 6.42 Å². The summed E-state index contributed by atoms with van der Waals surface area (Å²) in [6, 6.07) is 2.01. The van der Waals surface area contributed by atoms with Gasteiger partial charge < -0.3 is 5.11 Å². The lowest BCUT2D eigenvalue weighted by Crippen LogP contribution is -2.32. The summed E-state index contributed by atoms with van der Waals surface area (Å²) in [4.78, 5) is 11.0. The van der Waals surface area contributed by atoms with Crippen molar-refractivity contribution in [2.45, 2.75) is 31.7 Å². The third-order valence-electron chi connectivity index (χ3n) is 2.62. The van der Waals surface area contributed by atoms with E-state index in [9.17, 15) is 13.2 Å². The normalized spacial score (nSPS) is 12.7. The highest BCUT2D eigenvalue weighted by atomic mass is 32.2. The Morgan fingerprint density at radius 3 is 2.42 bits per heavy atom. The average Bonchev–Trinajstić information content (AvgIpc) is 2.27. The second-order valence-electron chi connectivity index (χ2n) is 4.25. The van der Waals surface area contributed by atoms with Crippen LogP contribution in [-0.2, 0) is 10.0 Å². The van der Waals surface area contributed by atoms with Crippen LogP contribution in [0.2, 0.25) is 0 Å². The largest absolute Gasteiger partial charge is 0.478 e. The molecule has 0 aliphatic rings. The second kappa shape index (κ2) is 5.43. The van der Waals surface area contributed by atoms with E-state index in [0.717, 1.165) is 6.07 Å². The Hall–Kier alpha value is -1.84. The number of sulfonamides is 1. The molecular weight excluding hydrogens is 266 g/mol. The van der Waals surface area contributed by atoms with Gasteiger partial charge >= 0.3 is 5.97 Å². The van der Waals surface area contributed by atoms with Crippen molar-refractivity contribution in [1.29, 1.82) is 0 Å². The van der Waals surface area contributed by atoms with Gasteiger partial charge in [0.15, 0.2) is 0 Å². The Bertz CT molecular complexity index is 656. The zero-order valence-corrected chi connectivity index (χ0v) is 11.7. The molecule has 0 fully saturated rings. The van der Waals surface area contributed by atoms with Crippen molar-refractivity contribution in [1.82, 2.24) is 4.72 Å². The van der Waals surface area contributed by atoms with Crippen molar-refractivity contribution in [3.63, 3.8) is 0 Å². The van der Waals surface area contributed by atoms with Gasteiger partial charge in [-0.05, 0) is 38.0 Å². The van der Waals surface area contributed by atoms with E-state index in [1.807, 2.05) is 0 Å². The predicted molar refractivity (Wildman–Crippen MR) is 71.5 cm³/mol. The van der Waals surface area contributed by atoms with Crippen LogP contribution in [0.15, 0.2) is 17.0 Å². The van der Waals surface area contributed by atoms with E-state index >= 15 is 0 Å². The van der Waals surface area contributed by atoms with Gasteiger partial charge in [-0.25, -0.2) is 13.2 Å². The molecular formula is C13H15NO4S. The quantitative estimate of drug-likeness (QED) is 0.815. The van der Waals surface area contributed by atoms with Crippen molar-refractivity contribution in [2.75, 3.05) is 0 Å². The molecule has 2 N–H and O–H groups in total. The van der Waals surface area contributed by atoms with Crippen LogP contribution in [0.3, 0.4) is 0 Å². The Kier molecular flexibility index (Phi) is 4.35. The summed E-state index contributed by atoms with van der Waals surface area (Å²) in [6.45, 7) is 4.75. The lowest BCUT2D eigenvalue weighted by molar-refractivity contribution is 0.0696. The zero-order chi connectivity index (χ0) is 14.8. The summed E-state index contributed by atoms with van der Waals surface area (Å²) in [6.07, 6.45) is 5.13.